The van der Waals surface area contributed by atoms with Gasteiger partial charge in [0, 0.05) is 22.8 Å². The molecule has 0 spiro atoms. The Morgan fingerprint density at radius 1 is 1.00 bits per heavy atom. The summed E-state index contributed by atoms with van der Waals surface area (Å²) in [6.45, 7) is 3.29. The Bertz CT molecular complexity index is 1210. The van der Waals surface area contributed by atoms with Crippen molar-refractivity contribution in [2.24, 2.45) is 0 Å². The molecule has 8 nitrogen and oxygen atoms in total. The number of hydrogen-bond donors (Lipinski definition) is 3. The average Bonchev–Trinajstić information content (AvgIpc) is 2.77. The Balaban J connectivity index is 2.24. The van der Waals surface area contributed by atoms with Gasteiger partial charge in [-0.15, -0.1) is 0 Å². The van der Waals surface area contributed by atoms with E-state index in [-0.39, 0.29) is 34.0 Å². The van der Waals surface area contributed by atoms with Crippen molar-refractivity contribution in [1.82, 2.24) is 0 Å². The minimum absolute atomic E-state index is 0.0364. The average molecular weight is 442 g/mol. The van der Waals surface area contributed by atoms with Crippen LogP contribution in [0.3, 0.4) is 0 Å². The Morgan fingerprint density at radius 2 is 1.69 bits per heavy atom. The zero-order valence-electron chi connectivity index (χ0n) is 18.2. The SMILES string of the molecule is CCCc1c(O)c(CCC)c2oc(-c3ccc(OC)c(OCC(=O)O)c3)cc(=O)c2c1O. The fraction of sp³-hybridized carbons (Fsp3) is 0.333. The number of carboxylic acids is 1. The summed E-state index contributed by atoms with van der Waals surface area (Å²) < 4.78 is 16.5. The van der Waals surface area contributed by atoms with Gasteiger partial charge < -0.3 is 29.2 Å². The van der Waals surface area contributed by atoms with Crippen LogP contribution >= 0.6 is 0 Å². The van der Waals surface area contributed by atoms with Gasteiger partial charge in [0.15, 0.2) is 23.5 Å². The van der Waals surface area contributed by atoms with E-state index in [1.807, 2.05) is 13.8 Å². The maximum Gasteiger partial charge on any atom is 0.341 e. The van der Waals surface area contributed by atoms with E-state index in [4.69, 9.17) is 19.0 Å². The predicted octanol–water partition coefficient (Wildman–Crippen LogP) is 4.25. The number of fused-ring (bicyclic) bond motifs is 1. The van der Waals surface area contributed by atoms with E-state index in [0.717, 1.165) is 0 Å². The minimum atomic E-state index is -1.15. The second-order valence-electron chi connectivity index (χ2n) is 7.38. The van der Waals surface area contributed by atoms with Gasteiger partial charge in [-0.2, -0.15) is 0 Å². The van der Waals surface area contributed by atoms with Crippen molar-refractivity contribution < 1.29 is 34.0 Å². The summed E-state index contributed by atoms with van der Waals surface area (Å²) in [6.07, 6.45) is 2.27. The van der Waals surface area contributed by atoms with Crippen molar-refractivity contribution >= 4 is 16.9 Å². The van der Waals surface area contributed by atoms with Crippen molar-refractivity contribution in [1.29, 1.82) is 0 Å². The van der Waals surface area contributed by atoms with Gasteiger partial charge in [0.1, 0.15) is 28.2 Å². The summed E-state index contributed by atoms with van der Waals surface area (Å²) in [4.78, 5) is 23.9. The Morgan fingerprint density at radius 3 is 2.31 bits per heavy atom. The maximum absolute atomic E-state index is 13.0. The molecule has 1 heterocycles. The first-order valence-corrected chi connectivity index (χ1v) is 10.4. The summed E-state index contributed by atoms with van der Waals surface area (Å²) in [7, 11) is 1.43. The van der Waals surface area contributed by atoms with E-state index in [1.165, 1.54) is 19.2 Å². The molecule has 0 aliphatic carbocycles. The van der Waals surface area contributed by atoms with E-state index < -0.39 is 18.0 Å². The molecule has 0 radical (unpaired) electrons. The minimum Gasteiger partial charge on any atom is -0.507 e. The van der Waals surface area contributed by atoms with Gasteiger partial charge in [-0.25, -0.2) is 4.79 Å². The molecular weight excluding hydrogens is 416 g/mol. The first-order valence-electron chi connectivity index (χ1n) is 10.4. The van der Waals surface area contributed by atoms with Gasteiger partial charge in [-0.05, 0) is 31.0 Å². The lowest BCUT2D eigenvalue weighted by atomic mass is 9.96. The molecule has 8 heteroatoms. The number of benzene rings is 2. The lowest BCUT2D eigenvalue weighted by Crippen LogP contribution is -2.10. The van der Waals surface area contributed by atoms with Gasteiger partial charge in [0.2, 0.25) is 0 Å². The summed E-state index contributed by atoms with van der Waals surface area (Å²) in [6, 6.07) is 5.98. The molecule has 170 valence electrons. The molecule has 0 aliphatic heterocycles. The lowest BCUT2D eigenvalue weighted by molar-refractivity contribution is -0.139. The van der Waals surface area contributed by atoms with Crippen LogP contribution in [0.5, 0.6) is 23.0 Å². The number of rotatable bonds is 9. The second-order valence-corrected chi connectivity index (χ2v) is 7.38. The number of phenols is 2. The van der Waals surface area contributed by atoms with Gasteiger partial charge in [-0.3, -0.25) is 4.79 Å². The van der Waals surface area contributed by atoms with E-state index in [2.05, 4.69) is 0 Å². The molecule has 3 aromatic rings. The summed E-state index contributed by atoms with van der Waals surface area (Å²) in [5.74, 6) is -0.784. The van der Waals surface area contributed by atoms with Crippen LogP contribution in [0.15, 0.2) is 33.5 Å². The molecule has 0 amide bonds. The van der Waals surface area contributed by atoms with Gasteiger partial charge in [0.25, 0.3) is 0 Å². The number of carbonyl (C=O) groups is 1. The molecule has 0 bridgehead atoms. The third-order valence-electron chi connectivity index (χ3n) is 5.12. The van der Waals surface area contributed by atoms with Crippen molar-refractivity contribution in [2.45, 2.75) is 39.5 Å². The fourth-order valence-electron chi connectivity index (χ4n) is 3.68. The predicted molar refractivity (Wildman–Crippen MR) is 119 cm³/mol. The van der Waals surface area contributed by atoms with Crippen LogP contribution in [-0.4, -0.2) is 35.0 Å². The number of ether oxygens (including phenoxy) is 2. The van der Waals surface area contributed by atoms with Crippen LogP contribution in [0.25, 0.3) is 22.3 Å². The fourth-order valence-corrected chi connectivity index (χ4v) is 3.68. The molecular formula is C24H26O8. The van der Waals surface area contributed by atoms with Crippen molar-refractivity contribution in [3.05, 3.63) is 45.6 Å². The Hall–Kier alpha value is -3.68. The molecule has 0 fully saturated rings. The molecule has 3 N–H and O–H groups in total. The Labute approximate surface area is 184 Å². The number of aromatic hydroxyl groups is 2. The number of methoxy groups -OCH3 is 1. The molecule has 3 rings (SSSR count). The third-order valence-corrected chi connectivity index (χ3v) is 5.12. The van der Waals surface area contributed by atoms with Crippen LogP contribution in [0, 0.1) is 0 Å². The number of aryl methyl sites for hydroxylation is 1. The summed E-state index contributed by atoms with van der Waals surface area (Å²) >= 11 is 0. The molecule has 0 unspecified atom stereocenters. The van der Waals surface area contributed by atoms with Gasteiger partial charge in [0.05, 0.1) is 7.11 Å². The first-order chi connectivity index (χ1) is 15.3. The first kappa shape index (κ1) is 23.0. The maximum atomic E-state index is 13.0. The highest BCUT2D eigenvalue weighted by Crippen LogP contribution is 2.41. The van der Waals surface area contributed by atoms with E-state index in [0.29, 0.717) is 48.1 Å². The quantitative estimate of drug-likeness (QED) is 0.449. The number of aliphatic carboxylic acids is 1. The summed E-state index contributed by atoms with van der Waals surface area (Å²) in [5.41, 5.74) is 0.949. The number of hydrogen-bond acceptors (Lipinski definition) is 7. The monoisotopic (exact) mass is 442 g/mol. The van der Waals surface area contributed by atoms with Crippen molar-refractivity contribution in [3.63, 3.8) is 0 Å². The van der Waals surface area contributed by atoms with Crippen LogP contribution < -0.4 is 14.9 Å². The molecule has 0 atom stereocenters. The molecule has 1 aromatic heterocycles. The number of carboxylic acid groups (broad SMARTS) is 1. The summed E-state index contributed by atoms with van der Waals surface area (Å²) in [5, 5.41) is 30.5. The van der Waals surface area contributed by atoms with Gasteiger partial charge >= 0.3 is 5.97 Å². The standard InChI is InChI=1S/C24H26O8/c1-4-6-14-22(28)15(7-5-2)24-21(23(14)29)16(25)11-18(32-24)13-8-9-17(30-3)19(10-13)31-12-20(26)27/h8-11,28-29H,4-7,12H2,1-3H3,(H,26,27). The highest BCUT2D eigenvalue weighted by Gasteiger charge is 2.23. The van der Waals surface area contributed by atoms with Crippen molar-refractivity contribution in [3.8, 4) is 34.3 Å². The zero-order chi connectivity index (χ0) is 23.4. The molecule has 32 heavy (non-hydrogen) atoms. The van der Waals surface area contributed by atoms with E-state index >= 15 is 0 Å². The van der Waals surface area contributed by atoms with Crippen LogP contribution in [0.2, 0.25) is 0 Å². The molecule has 2 aromatic carbocycles. The lowest BCUT2D eigenvalue weighted by Gasteiger charge is -2.16. The molecule has 0 saturated carbocycles. The zero-order valence-corrected chi connectivity index (χ0v) is 18.2. The van der Waals surface area contributed by atoms with Crippen LogP contribution in [0.4, 0.5) is 0 Å². The van der Waals surface area contributed by atoms with Gasteiger partial charge in [-0.1, -0.05) is 26.7 Å². The van der Waals surface area contributed by atoms with E-state index in [9.17, 15) is 19.8 Å². The largest absolute Gasteiger partial charge is 0.507 e. The highest BCUT2D eigenvalue weighted by atomic mass is 16.5. The van der Waals surface area contributed by atoms with Crippen molar-refractivity contribution in [2.75, 3.05) is 13.7 Å². The second kappa shape index (κ2) is 9.64. The van der Waals surface area contributed by atoms with Crippen LogP contribution in [-0.2, 0) is 17.6 Å². The normalized spacial score (nSPS) is 11.0. The third kappa shape index (κ3) is 4.34. The molecule has 0 saturated heterocycles. The topological polar surface area (TPSA) is 126 Å². The smallest absolute Gasteiger partial charge is 0.341 e. The van der Waals surface area contributed by atoms with E-state index in [1.54, 1.807) is 12.1 Å². The number of phenolic OH excluding ortho intramolecular Hbond substituents is 2. The highest BCUT2D eigenvalue weighted by molar-refractivity contribution is 5.91. The molecule has 0 aliphatic rings. The Kier molecular flexibility index (Phi) is 6.92. The van der Waals surface area contributed by atoms with Crippen LogP contribution in [0.1, 0.15) is 37.8 Å².